The predicted octanol–water partition coefficient (Wildman–Crippen LogP) is 7.56. The van der Waals surface area contributed by atoms with E-state index < -0.39 is 12.2 Å². The highest BCUT2D eigenvalue weighted by Gasteiger charge is 2.35. The van der Waals surface area contributed by atoms with Crippen molar-refractivity contribution in [1.82, 2.24) is 0 Å². The van der Waals surface area contributed by atoms with E-state index in [0.717, 1.165) is 64.2 Å². The number of carbonyl (C=O) groups excluding carboxylic acids is 3. The largest absolute Gasteiger partial charge is 0.462 e. The molecule has 6 atom stereocenters. The number of cyclic esters (lactones) is 1. The van der Waals surface area contributed by atoms with Gasteiger partial charge >= 0.3 is 5.97 Å². The number of esters is 1. The van der Waals surface area contributed by atoms with Gasteiger partial charge < -0.3 is 24.5 Å². The smallest absolute Gasteiger partial charge is 0.309 e. The maximum Gasteiger partial charge on any atom is 0.309 e. The molecule has 2 aliphatic rings. The molecule has 0 radical (unpaired) electrons. The molecular weight excluding hydrogens is 532 g/mol. The Balaban J connectivity index is 1.41. The van der Waals surface area contributed by atoms with E-state index >= 15 is 0 Å². The van der Waals surface area contributed by atoms with Gasteiger partial charge in [0.1, 0.15) is 17.7 Å². The van der Waals surface area contributed by atoms with Crippen LogP contribution in [0.3, 0.4) is 0 Å². The zero-order valence-electron chi connectivity index (χ0n) is 26.9. The van der Waals surface area contributed by atoms with Crippen molar-refractivity contribution in [1.29, 1.82) is 0 Å². The summed E-state index contributed by atoms with van der Waals surface area (Å²) in [5.41, 5.74) is 0. The van der Waals surface area contributed by atoms with Crippen LogP contribution < -0.4 is 0 Å². The molecular formula is C35H62O7. The van der Waals surface area contributed by atoms with Gasteiger partial charge in [0.2, 0.25) is 0 Å². The Kier molecular flexibility index (Phi) is 19.5. The summed E-state index contributed by atoms with van der Waals surface area (Å²) in [6.45, 7) is 3.75. The number of Topliss-reactive ketones (excluding diaryl/α,β-unsaturated/α-hetero) is 2. The van der Waals surface area contributed by atoms with E-state index in [0.29, 0.717) is 25.7 Å². The van der Waals surface area contributed by atoms with Crippen LogP contribution in [0.4, 0.5) is 0 Å². The summed E-state index contributed by atoms with van der Waals surface area (Å²) in [5, 5.41) is 21.2. The summed E-state index contributed by atoms with van der Waals surface area (Å²) in [7, 11) is 0. The first-order chi connectivity index (χ1) is 20.3. The third-order valence-corrected chi connectivity index (χ3v) is 9.18. The topological polar surface area (TPSA) is 110 Å². The van der Waals surface area contributed by atoms with Gasteiger partial charge in [-0.15, -0.1) is 0 Å². The number of aliphatic hydroxyl groups is 2. The fraction of sp³-hybridized carbons (Fsp3) is 0.914. The molecule has 0 aromatic heterocycles. The second-order valence-corrected chi connectivity index (χ2v) is 13.2. The van der Waals surface area contributed by atoms with E-state index in [1.807, 2.05) is 0 Å². The fourth-order valence-corrected chi connectivity index (χ4v) is 6.55. The van der Waals surface area contributed by atoms with Gasteiger partial charge in [-0.2, -0.15) is 0 Å². The summed E-state index contributed by atoms with van der Waals surface area (Å²) < 4.78 is 11.4. The van der Waals surface area contributed by atoms with E-state index in [-0.39, 0.29) is 48.2 Å². The third-order valence-electron chi connectivity index (χ3n) is 9.18. The summed E-state index contributed by atoms with van der Waals surface area (Å²) >= 11 is 0. The van der Waals surface area contributed by atoms with Crippen LogP contribution in [0.25, 0.3) is 0 Å². The molecule has 7 heteroatoms. The van der Waals surface area contributed by atoms with E-state index in [9.17, 15) is 24.6 Å². The molecule has 0 spiro atoms. The summed E-state index contributed by atoms with van der Waals surface area (Å²) in [5.74, 6) is -0.261. The van der Waals surface area contributed by atoms with E-state index in [1.165, 1.54) is 64.7 Å². The standard InChI is InChI=1S/C35H62O7/c1-3-4-5-6-7-8-9-10-11-14-21-31(38)33-23-24-34(42-33)32(39)22-15-12-13-18-29(37)19-16-17-20-30-26-28(25-27(2)36)35(40)41-30/h28,30-34,38-39H,3-26H2,1-2H3/t28?,30?,31-,32-,33-,34-/m0/s1. The van der Waals surface area contributed by atoms with Crippen LogP contribution in [-0.2, 0) is 23.9 Å². The Labute approximate surface area is 255 Å². The molecule has 0 aromatic carbocycles. The number of aliphatic hydroxyl groups excluding tert-OH is 2. The zero-order chi connectivity index (χ0) is 30.6. The van der Waals surface area contributed by atoms with Crippen molar-refractivity contribution >= 4 is 17.5 Å². The Morgan fingerprint density at radius 3 is 1.81 bits per heavy atom. The second-order valence-electron chi connectivity index (χ2n) is 13.2. The molecule has 0 aromatic rings. The monoisotopic (exact) mass is 594 g/mol. The average molecular weight is 595 g/mol. The maximum absolute atomic E-state index is 12.2. The number of hydrogen-bond donors (Lipinski definition) is 2. The minimum Gasteiger partial charge on any atom is -0.462 e. The van der Waals surface area contributed by atoms with Gasteiger partial charge in [0.25, 0.3) is 0 Å². The lowest BCUT2D eigenvalue weighted by Gasteiger charge is -2.22. The van der Waals surface area contributed by atoms with Crippen LogP contribution in [0, 0.1) is 5.92 Å². The lowest BCUT2D eigenvalue weighted by molar-refractivity contribution is -0.145. The number of unbranched alkanes of at least 4 members (excludes halogenated alkanes) is 12. The van der Waals surface area contributed by atoms with Gasteiger partial charge in [0.05, 0.1) is 30.3 Å². The van der Waals surface area contributed by atoms with Crippen molar-refractivity contribution in [2.75, 3.05) is 0 Å². The molecule has 0 amide bonds. The Morgan fingerprint density at radius 2 is 1.26 bits per heavy atom. The van der Waals surface area contributed by atoms with Gasteiger partial charge in [0.15, 0.2) is 0 Å². The van der Waals surface area contributed by atoms with Crippen LogP contribution in [0.1, 0.15) is 168 Å². The quantitative estimate of drug-likeness (QED) is 0.0785. The highest BCUT2D eigenvalue weighted by molar-refractivity contribution is 5.83. The highest BCUT2D eigenvalue weighted by atomic mass is 16.6. The van der Waals surface area contributed by atoms with Crippen molar-refractivity contribution in [3.8, 4) is 0 Å². The van der Waals surface area contributed by atoms with Crippen molar-refractivity contribution < 1.29 is 34.1 Å². The zero-order valence-corrected chi connectivity index (χ0v) is 26.9. The van der Waals surface area contributed by atoms with Crippen molar-refractivity contribution in [3.05, 3.63) is 0 Å². The van der Waals surface area contributed by atoms with Crippen molar-refractivity contribution in [2.45, 2.75) is 198 Å². The molecule has 2 saturated heterocycles. The Morgan fingerprint density at radius 1 is 0.762 bits per heavy atom. The lowest BCUT2D eigenvalue weighted by Crippen LogP contribution is -2.31. The Bertz CT molecular complexity index is 754. The Hall–Kier alpha value is -1.31. The van der Waals surface area contributed by atoms with Crippen LogP contribution in [0.2, 0.25) is 0 Å². The molecule has 2 unspecified atom stereocenters. The molecule has 2 heterocycles. The van der Waals surface area contributed by atoms with Gasteiger partial charge in [-0.25, -0.2) is 0 Å². The first-order valence-corrected chi connectivity index (χ1v) is 17.5. The van der Waals surface area contributed by atoms with Gasteiger partial charge in [-0.1, -0.05) is 84.0 Å². The van der Waals surface area contributed by atoms with Crippen molar-refractivity contribution in [2.24, 2.45) is 5.92 Å². The van der Waals surface area contributed by atoms with Crippen molar-refractivity contribution in [3.63, 3.8) is 0 Å². The molecule has 7 nitrogen and oxygen atoms in total. The number of ether oxygens (including phenoxy) is 2. The first kappa shape index (κ1) is 36.9. The minimum absolute atomic E-state index is 0.0167. The van der Waals surface area contributed by atoms with Gasteiger partial charge in [0, 0.05) is 19.3 Å². The van der Waals surface area contributed by atoms with Gasteiger partial charge in [-0.05, 0) is 64.7 Å². The van der Waals surface area contributed by atoms with E-state index in [1.54, 1.807) is 0 Å². The van der Waals surface area contributed by atoms with E-state index in [2.05, 4.69) is 6.92 Å². The number of carbonyl (C=O) groups is 3. The molecule has 42 heavy (non-hydrogen) atoms. The van der Waals surface area contributed by atoms with Crippen LogP contribution in [-0.4, -0.2) is 58.3 Å². The second kappa shape index (κ2) is 22.2. The van der Waals surface area contributed by atoms with E-state index in [4.69, 9.17) is 9.47 Å². The lowest BCUT2D eigenvalue weighted by atomic mass is 9.96. The first-order valence-electron chi connectivity index (χ1n) is 17.5. The van der Waals surface area contributed by atoms with Crippen LogP contribution >= 0.6 is 0 Å². The number of hydrogen-bond acceptors (Lipinski definition) is 7. The molecule has 2 fully saturated rings. The third kappa shape index (κ3) is 16.0. The summed E-state index contributed by atoms with van der Waals surface area (Å²) in [4.78, 5) is 35.3. The number of ketones is 2. The summed E-state index contributed by atoms with van der Waals surface area (Å²) in [6, 6.07) is 0. The molecule has 2 aliphatic heterocycles. The molecule has 2 N–H and O–H groups in total. The molecule has 0 aliphatic carbocycles. The predicted molar refractivity (Wildman–Crippen MR) is 166 cm³/mol. The highest BCUT2D eigenvalue weighted by Crippen LogP contribution is 2.29. The summed E-state index contributed by atoms with van der Waals surface area (Å²) in [6.07, 6.45) is 21.6. The minimum atomic E-state index is -0.505. The SMILES string of the molecule is CCCCCCCCCCCC[C@H](O)[C@@H]1CC[C@@H]([C@@H](O)CCCCCC(=O)CCCCC2CC(CC(C)=O)C(=O)O2)O1. The van der Waals surface area contributed by atoms with Gasteiger partial charge in [-0.3, -0.25) is 9.59 Å². The maximum atomic E-state index is 12.2. The fourth-order valence-electron chi connectivity index (χ4n) is 6.55. The molecule has 2 rings (SSSR count). The normalized spacial score (nSPS) is 23.7. The number of rotatable bonds is 26. The average Bonchev–Trinajstić information content (AvgIpc) is 3.58. The molecule has 244 valence electrons. The van der Waals surface area contributed by atoms with Crippen LogP contribution in [0.5, 0.6) is 0 Å². The molecule has 0 bridgehead atoms. The molecule has 0 saturated carbocycles. The van der Waals surface area contributed by atoms with Crippen LogP contribution in [0.15, 0.2) is 0 Å².